The van der Waals surface area contributed by atoms with Crippen LogP contribution in [0.15, 0.2) is 64.4 Å². The second kappa shape index (κ2) is 8.59. The number of rotatable bonds is 6. The van der Waals surface area contributed by atoms with Gasteiger partial charge in [0.1, 0.15) is 11.3 Å². The summed E-state index contributed by atoms with van der Waals surface area (Å²) >= 11 is 2.79. The van der Waals surface area contributed by atoms with Crippen molar-refractivity contribution in [1.82, 2.24) is 20.0 Å². The molecule has 1 amide bonds. The normalized spacial score (nSPS) is 10.8. The fraction of sp³-hybridized carbons (Fsp3) is 0.143. The standard InChI is InChI=1S/C21H19N5OS2/c1-14-8-9-15(2)17(10-14)18-11-19(26(25-18)16-6-4-3-5-7-16)23-20(27)12-28-21-24-22-13-29-21/h3-11,13H,12H2,1-2H3,(H,23,27). The SMILES string of the molecule is Cc1ccc(C)c(-c2cc(NC(=O)CSc3nncs3)n(-c3ccccc3)n2)c1. The summed E-state index contributed by atoms with van der Waals surface area (Å²) in [6, 6.07) is 18.0. The van der Waals surface area contributed by atoms with Gasteiger partial charge >= 0.3 is 0 Å². The molecule has 8 heteroatoms. The largest absolute Gasteiger partial charge is 0.310 e. The van der Waals surface area contributed by atoms with Crippen molar-refractivity contribution in [1.29, 1.82) is 0 Å². The number of aryl methyl sites for hydroxylation is 2. The van der Waals surface area contributed by atoms with Gasteiger partial charge in [0.25, 0.3) is 0 Å². The van der Waals surface area contributed by atoms with Crippen molar-refractivity contribution < 1.29 is 4.79 Å². The summed E-state index contributed by atoms with van der Waals surface area (Å²) in [5.41, 5.74) is 6.72. The second-order valence-electron chi connectivity index (χ2n) is 6.52. The predicted octanol–water partition coefficient (Wildman–Crippen LogP) is 4.74. The number of para-hydroxylation sites is 1. The lowest BCUT2D eigenvalue weighted by atomic mass is 10.0. The zero-order chi connectivity index (χ0) is 20.2. The van der Waals surface area contributed by atoms with E-state index in [9.17, 15) is 4.79 Å². The van der Waals surface area contributed by atoms with Crippen molar-refractivity contribution in [2.24, 2.45) is 0 Å². The number of nitrogens with one attached hydrogen (secondary N) is 1. The van der Waals surface area contributed by atoms with Crippen LogP contribution in [-0.4, -0.2) is 31.6 Å². The van der Waals surface area contributed by atoms with Crippen LogP contribution >= 0.6 is 23.1 Å². The first kappa shape index (κ1) is 19.4. The van der Waals surface area contributed by atoms with Crippen LogP contribution in [0.25, 0.3) is 16.9 Å². The van der Waals surface area contributed by atoms with Crippen LogP contribution in [0.2, 0.25) is 0 Å². The van der Waals surface area contributed by atoms with Crippen molar-refractivity contribution in [2.75, 3.05) is 11.1 Å². The Kier molecular flexibility index (Phi) is 5.73. The molecule has 2 heterocycles. The van der Waals surface area contributed by atoms with Gasteiger partial charge in [-0.1, -0.05) is 59.0 Å². The highest BCUT2D eigenvalue weighted by atomic mass is 32.2. The minimum absolute atomic E-state index is 0.116. The zero-order valence-electron chi connectivity index (χ0n) is 16.0. The minimum atomic E-state index is -0.116. The van der Waals surface area contributed by atoms with Crippen molar-refractivity contribution in [3.8, 4) is 16.9 Å². The first-order valence-electron chi connectivity index (χ1n) is 9.02. The molecule has 2 aromatic carbocycles. The number of anilines is 1. The maximum atomic E-state index is 12.5. The monoisotopic (exact) mass is 421 g/mol. The minimum Gasteiger partial charge on any atom is -0.310 e. The Bertz CT molecular complexity index is 1120. The van der Waals surface area contributed by atoms with Crippen LogP contribution in [0.1, 0.15) is 11.1 Å². The molecule has 0 unspecified atom stereocenters. The first-order chi connectivity index (χ1) is 14.1. The molecule has 4 aromatic rings. The van der Waals surface area contributed by atoms with Crippen LogP contribution in [0, 0.1) is 13.8 Å². The van der Waals surface area contributed by atoms with E-state index in [1.54, 1.807) is 10.2 Å². The molecule has 0 spiro atoms. The number of amides is 1. The molecule has 29 heavy (non-hydrogen) atoms. The average molecular weight is 422 g/mol. The van der Waals surface area contributed by atoms with Crippen molar-refractivity contribution in [3.05, 3.63) is 71.2 Å². The number of carbonyl (C=O) groups excluding carboxylic acids is 1. The third-order valence-corrected chi connectivity index (χ3v) is 6.17. The molecule has 2 aromatic heterocycles. The summed E-state index contributed by atoms with van der Waals surface area (Å²) in [5, 5.41) is 15.5. The fourth-order valence-corrected chi connectivity index (χ4v) is 4.20. The Morgan fingerprint density at radius 2 is 1.97 bits per heavy atom. The molecule has 0 bridgehead atoms. The maximum Gasteiger partial charge on any atom is 0.235 e. The number of nitrogens with zero attached hydrogens (tertiary/aromatic N) is 4. The van der Waals surface area contributed by atoms with E-state index < -0.39 is 0 Å². The molecule has 0 fully saturated rings. The quantitative estimate of drug-likeness (QED) is 0.455. The Labute approximate surface area is 177 Å². The van der Waals surface area contributed by atoms with Gasteiger partial charge in [0.15, 0.2) is 4.34 Å². The van der Waals surface area contributed by atoms with Gasteiger partial charge in [-0.15, -0.1) is 10.2 Å². The summed E-state index contributed by atoms with van der Waals surface area (Å²) in [4.78, 5) is 12.5. The van der Waals surface area contributed by atoms with Crippen molar-refractivity contribution in [3.63, 3.8) is 0 Å². The fourth-order valence-electron chi connectivity index (χ4n) is 2.91. The molecule has 0 saturated carbocycles. The second-order valence-corrected chi connectivity index (χ2v) is 8.58. The van der Waals surface area contributed by atoms with E-state index in [4.69, 9.17) is 5.10 Å². The topological polar surface area (TPSA) is 72.7 Å². The third-order valence-electron chi connectivity index (χ3n) is 4.31. The molecule has 0 atom stereocenters. The highest BCUT2D eigenvalue weighted by Crippen LogP contribution is 2.28. The molecular weight excluding hydrogens is 402 g/mol. The summed E-state index contributed by atoms with van der Waals surface area (Å²) in [6.45, 7) is 4.12. The van der Waals surface area contributed by atoms with E-state index >= 15 is 0 Å². The predicted molar refractivity (Wildman–Crippen MR) is 118 cm³/mol. The summed E-state index contributed by atoms with van der Waals surface area (Å²) in [6.07, 6.45) is 0. The average Bonchev–Trinajstić information content (AvgIpc) is 3.39. The number of thioether (sulfide) groups is 1. The molecule has 1 N–H and O–H groups in total. The third kappa shape index (κ3) is 4.55. The number of hydrogen-bond acceptors (Lipinski definition) is 6. The highest BCUT2D eigenvalue weighted by molar-refractivity contribution is 8.01. The Morgan fingerprint density at radius 3 is 2.72 bits per heavy atom. The van der Waals surface area contributed by atoms with E-state index in [2.05, 4.69) is 47.6 Å². The molecule has 0 radical (unpaired) electrons. The van der Waals surface area contributed by atoms with E-state index in [1.165, 1.54) is 28.7 Å². The molecular formula is C21H19N5OS2. The van der Waals surface area contributed by atoms with Crippen LogP contribution < -0.4 is 5.32 Å². The van der Waals surface area contributed by atoms with E-state index in [0.717, 1.165) is 26.8 Å². The lowest BCUT2D eigenvalue weighted by molar-refractivity contribution is -0.113. The number of carbonyl (C=O) groups is 1. The highest BCUT2D eigenvalue weighted by Gasteiger charge is 2.15. The van der Waals surface area contributed by atoms with E-state index in [-0.39, 0.29) is 11.7 Å². The first-order valence-corrected chi connectivity index (χ1v) is 10.9. The number of benzene rings is 2. The Balaban J connectivity index is 1.65. The molecule has 0 aliphatic heterocycles. The number of aromatic nitrogens is 4. The van der Waals surface area contributed by atoms with Gasteiger partial charge < -0.3 is 5.32 Å². The van der Waals surface area contributed by atoms with Gasteiger partial charge in [-0.2, -0.15) is 5.10 Å². The molecule has 4 rings (SSSR count). The Morgan fingerprint density at radius 1 is 1.14 bits per heavy atom. The summed E-state index contributed by atoms with van der Waals surface area (Å²) in [7, 11) is 0. The van der Waals surface area contributed by atoms with Crippen LogP contribution in [0.4, 0.5) is 5.82 Å². The smallest absolute Gasteiger partial charge is 0.235 e. The van der Waals surface area contributed by atoms with Gasteiger partial charge in [0.2, 0.25) is 5.91 Å². The molecule has 146 valence electrons. The van der Waals surface area contributed by atoms with Gasteiger partial charge in [-0.05, 0) is 37.6 Å². The van der Waals surface area contributed by atoms with Gasteiger partial charge in [-0.3, -0.25) is 4.79 Å². The van der Waals surface area contributed by atoms with Gasteiger partial charge in [-0.25, -0.2) is 4.68 Å². The molecule has 0 aliphatic rings. The number of hydrogen-bond donors (Lipinski definition) is 1. The van der Waals surface area contributed by atoms with Crippen LogP contribution in [0.5, 0.6) is 0 Å². The lowest BCUT2D eigenvalue weighted by Gasteiger charge is -2.08. The van der Waals surface area contributed by atoms with Gasteiger partial charge in [0, 0.05) is 11.6 Å². The molecule has 6 nitrogen and oxygen atoms in total. The summed E-state index contributed by atoms with van der Waals surface area (Å²) in [5.74, 6) is 0.776. The van der Waals surface area contributed by atoms with Crippen molar-refractivity contribution >= 4 is 34.8 Å². The maximum absolute atomic E-state index is 12.5. The van der Waals surface area contributed by atoms with Gasteiger partial charge in [0.05, 0.1) is 17.1 Å². The van der Waals surface area contributed by atoms with Crippen LogP contribution in [-0.2, 0) is 4.79 Å². The van der Waals surface area contributed by atoms with E-state index in [1.807, 2.05) is 36.4 Å². The summed E-state index contributed by atoms with van der Waals surface area (Å²) < 4.78 is 2.54. The van der Waals surface area contributed by atoms with Crippen LogP contribution in [0.3, 0.4) is 0 Å². The zero-order valence-corrected chi connectivity index (χ0v) is 17.6. The van der Waals surface area contributed by atoms with Crippen molar-refractivity contribution in [2.45, 2.75) is 18.2 Å². The molecule has 0 saturated heterocycles. The van der Waals surface area contributed by atoms with E-state index in [0.29, 0.717) is 5.82 Å². The molecule has 0 aliphatic carbocycles. The Hall–Kier alpha value is -2.97. The lowest BCUT2D eigenvalue weighted by Crippen LogP contribution is -2.16.